The van der Waals surface area contributed by atoms with Gasteiger partial charge < -0.3 is 10.6 Å². The van der Waals surface area contributed by atoms with Crippen LogP contribution in [-0.4, -0.2) is 76.7 Å². The number of nitrogens with zero attached hydrogens (tertiary/aromatic N) is 3. The van der Waals surface area contributed by atoms with E-state index >= 15 is 0 Å². The van der Waals surface area contributed by atoms with Gasteiger partial charge in [-0.05, 0) is 49.5 Å². The second-order valence-corrected chi connectivity index (χ2v) is 9.11. The molecule has 0 spiro atoms. The monoisotopic (exact) mass is 411 g/mol. The summed E-state index contributed by atoms with van der Waals surface area (Å²) in [7, 11) is 0. The van der Waals surface area contributed by atoms with Crippen LogP contribution in [0.2, 0.25) is 0 Å². The topological polar surface area (TPSA) is 99.0 Å². The Morgan fingerprint density at radius 2 is 1.83 bits per heavy atom. The Morgan fingerprint density at radius 3 is 2.53 bits per heavy atom. The number of nitrogens with two attached hydrogens (primary N) is 1. The highest BCUT2D eigenvalue weighted by Crippen LogP contribution is 2.29. The summed E-state index contributed by atoms with van der Waals surface area (Å²) in [6.07, 6.45) is 3.04. The van der Waals surface area contributed by atoms with Crippen molar-refractivity contribution in [2.45, 2.75) is 56.9 Å². The Morgan fingerprint density at radius 1 is 1.07 bits per heavy atom. The van der Waals surface area contributed by atoms with E-state index in [-0.39, 0.29) is 24.1 Å². The molecule has 8 nitrogen and oxygen atoms in total. The third kappa shape index (κ3) is 3.64. The molecule has 4 heterocycles. The van der Waals surface area contributed by atoms with E-state index in [9.17, 15) is 14.4 Å². The molecule has 0 saturated carbocycles. The molecule has 0 bridgehead atoms. The first-order valence-corrected chi connectivity index (χ1v) is 11.0. The Hall–Kier alpha value is -2.29. The van der Waals surface area contributed by atoms with E-state index < -0.39 is 6.04 Å². The van der Waals surface area contributed by atoms with Gasteiger partial charge in [0.15, 0.2) is 0 Å². The van der Waals surface area contributed by atoms with E-state index in [1.807, 2.05) is 12.1 Å². The zero-order valence-corrected chi connectivity index (χ0v) is 17.2. The van der Waals surface area contributed by atoms with Gasteiger partial charge in [0.05, 0.1) is 0 Å². The molecule has 3 N–H and O–H groups in total. The lowest BCUT2D eigenvalue weighted by molar-refractivity contribution is -0.136. The maximum Gasteiger partial charge on any atom is 0.255 e. The third-order valence-corrected chi connectivity index (χ3v) is 7.01. The van der Waals surface area contributed by atoms with Crippen molar-refractivity contribution >= 4 is 17.7 Å². The van der Waals surface area contributed by atoms with Gasteiger partial charge >= 0.3 is 0 Å². The van der Waals surface area contributed by atoms with Gasteiger partial charge in [0, 0.05) is 50.2 Å². The lowest BCUT2D eigenvalue weighted by Crippen LogP contribution is -2.61. The van der Waals surface area contributed by atoms with Crippen molar-refractivity contribution < 1.29 is 14.4 Å². The normalized spacial score (nSPS) is 26.6. The molecule has 160 valence electrons. The van der Waals surface area contributed by atoms with Crippen LogP contribution in [-0.2, 0) is 22.7 Å². The molecule has 1 atom stereocenters. The van der Waals surface area contributed by atoms with Crippen LogP contribution in [0.1, 0.15) is 47.2 Å². The number of carbonyl (C=O) groups is 3. The number of hydrogen-bond donors (Lipinski definition) is 2. The summed E-state index contributed by atoms with van der Waals surface area (Å²) in [5.74, 6) is -0.735. The molecular formula is C22H29N5O3. The third-order valence-electron chi connectivity index (χ3n) is 7.01. The summed E-state index contributed by atoms with van der Waals surface area (Å²) >= 11 is 0. The van der Waals surface area contributed by atoms with E-state index in [4.69, 9.17) is 5.73 Å². The Labute approximate surface area is 176 Å². The second-order valence-electron chi connectivity index (χ2n) is 9.11. The van der Waals surface area contributed by atoms with E-state index in [1.165, 1.54) is 18.4 Å². The first kappa shape index (κ1) is 19.7. The first-order chi connectivity index (χ1) is 14.5. The summed E-state index contributed by atoms with van der Waals surface area (Å²) in [5.41, 5.74) is 8.77. The van der Waals surface area contributed by atoms with Gasteiger partial charge in [-0.2, -0.15) is 0 Å². The lowest BCUT2D eigenvalue weighted by atomic mass is 9.97. The molecule has 4 aliphatic rings. The molecule has 0 radical (unpaired) electrons. The zero-order valence-electron chi connectivity index (χ0n) is 17.2. The molecule has 1 aromatic rings. The number of piperidine rings is 2. The van der Waals surface area contributed by atoms with Crippen LogP contribution in [0.25, 0.3) is 0 Å². The number of nitrogens with one attached hydrogen (secondary N) is 1. The number of benzene rings is 1. The highest BCUT2D eigenvalue weighted by molar-refractivity contribution is 6.05. The van der Waals surface area contributed by atoms with E-state index in [2.05, 4.69) is 21.2 Å². The van der Waals surface area contributed by atoms with Crippen LogP contribution in [0, 0.1) is 0 Å². The van der Waals surface area contributed by atoms with Crippen molar-refractivity contribution in [2.24, 2.45) is 5.73 Å². The Bertz CT molecular complexity index is 874. The van der Waals surface area contributed by atoms with Crippen LogP contribution >= 0.6 is 0 Å². The molecule has 1 aromatic carbocycles. The minimum absolute atomic E-state index is 0.111. The number of likely N-dealkylation sites (tertiary alicyclic amines) is 2. The maximum absolute atomic E-state index is 12.8. The van der Waals surface area contributed by atoms with E-state index in [0.717, 1.165) is 38.3 Å². The van der Waals surface area contributed by atoms with Crippen molar-refractivity contribution in [3.8, 4) is 0 Å². The summed E-state index contributed by atoms with van der Waals surface area (Å²) in [6, 6.07) is 6.51. The summed E-state index contributed by atoms with van der Waals surface area (Å²) in [6.45, 7) is 5.54. The Balaban J connectivity index is 1.20. The largest absolute Gasteiger partial charge is 0.325 e. The quantitative estimate of drug-likeness (QED) is 0.680. The van der Waals surface area contributed by atoms with E-state index in [0.29, 0.717) is 30.6 Å². The highest BCUT2D eigenvalue weighted by Gasteiger charge is 2.39. The van der Waals surface area contributed by atoms with Crippen molar-refractivity contribution in [3.05, 3.63) is 34.9 Å². The molecular weight excluding hydrogens is 382 g/mol. The molecule has 1 unspecified atom stereocenters. The molecule has 30 heavy (non-hydrogen) atoms. The highest BCUT2D eigenvalue weighted by atomic mass is 16.2. The zero-order chi connectivity index (χ0) is 20.8. The van der Waals surface area contributed by atoms with Crippen molar-refractivity contribution in [1.29, 1.82) is 0 Å². The summed E-state index contributed by atoms with van der Waals surface area (Å²) < 4.78 is 0. The van der Waals surface area contributed by atoms with Gasteiger partial charge in [-0.3, -0.25) is 29.5 Å². The fraction of sp³-hybridized carbons (Fsp3) is 0.591. The summed E-state index contributed by atoms with van der Waals surface area (Å²) in [5, 5.41) is 2.35. The van der Waals surface area contributed by atoms with Crippen molar-refractivity contribution in [1.82, 2.24) is 20.0 Å². The number of carbonyl (C=O) groups excluding carboxylic acids is 3. The number of fused-ring (bicyclic) bond motifs is 1. The molecule has 0 aliphatic carbocycles. The number of hydrogen-bond acceptors (Lipinski definition) is 6. The van der Waals surface area contributed by atoms with Gasteiger partial charge in [-0.15, -0.1) is 0 Å². The minimum Gasteiger partial charge on any atom is -0.325 e. The van der Waals surface area contributed by atoms with Crippen LogP contribution < -0.4 is 11.1 Å². The summed E-state index contributed by atoms with van der Waals surface area (Å²) in [4.78, 5) is 43.0. The molecule has 4 aliphatic heterocycles. The Kier molecular flexibility index (Phi) is 5.08. The van der Waals surface area contributed by atoms with Gasteiger partial charge in [-0.1, -0.05) is 12.1 Å². The van der Waals surface area contributed by atoms with Gasteiger partial charge in [0.1, 0.15) is 6.04 Å². The average molecular weight is 412 g/mol. The van der Waals surface area contributed by atoms with Crippen LogP contribution in [0.5, 0.6) is 0 Å². The fourth-order valence-corrected chi connectivity index (χ4v) is 5.27. The van der Waals surface area contributed by atoms with Crippen molar-refractivity contribution in [2.75, 3.05) is 26.2 Å². The van der Waals surface area contributed by atoms with Crippen molar-refractivity contribution in [3.63, 3.8) is 0 Å². The maximum atomic E-state index is 12.8. The second kappa shape index (κ2) is 7.76. The molecule has 8 heteroatoms. The van der Waals surface area contributed by atoms with Gasteiger partial charge in [0.2, 0.25) is 11.8 Å². The predicted molar refractivity (Wildman–Crippen MR) is 110 cm³/mol. The predicted octanol–water partition coefficient (Wildman–Crippen LogP) is 0.0549. The number of amides is 3. The molecule has 3 fully saturated rings. The molecule has 3 amide bonds. The van der Waals surface area contributed by atoms with Gasteiger partial charge in [0.25, 0.3) is 5.91 Å². The number of imide groups is 1. The SMILES string of the molecule is NC1CN(C2CCN(Cc3ccc4c(c3)CN(C3CCC(=O)NC3=O)C4=O)CC2)C1. The van der Waals surface area contributed by atoms with Crippen LogP contribution in [0.15, 0.2) is 18.2 Å². The minimum atomic E-state index is -0.556. The molecule has 3 saturated heterocycles. The first-order valence-electron chi connectivity index (χ1n) is 11.0. The number of rotatable bonds is 4. The van der Waals surface area contributed by atoms with Gasteiger partial charge in [-0.25, -0.2) is 0 Å². The van der Waals surface area contributed by atoms with E-state index in [1.54, 1.807) is 4.90 Å². The fourth-order valence-electron chi connectivity index (χ4n) is 5.27. The van der Waals surface area contributed by atoms with Crippen LogP contribution in [0.4, 0.5) is 0 Å². The lowest BCUT2D eigenvalue weighted by Gasteiger charge is -2.46. The van der Waals surface area contributed by atoms with Crippen LogP contribution in [0.3, 0.4) is 0 Å². The smallest absolute Gasteiger partial charge is 0.255 e. The average Bonchev–Trinajstić information content (AvgIpc) is 3.02. The molecule has 0 aromatic heterocycles. The molecule has 5 rings (SSSR count). The standard InChI is InChI=1S/C22H29N5O3/c23-16-12-26(13-16)17-5-7-25(8-6-17)10-14-1-2-18-15(9-14)11-27(22(18)30)19-3-4-20(28)24-21(19)29/h1-2,9,16-17,19H,3-8,10-13,23H2,(H,24,28,29).